The van der Waals surface area contributed by atoms with E-state index in [1.54, 1.807) is 29.2 Å². The van der Waals surface area contributed by atoms with Crippen LogP contribution in [0.5, 0.6) is 0 Å². The van der Waals surface area contributed by atoms with E-state index in [-0.39, 0.29) is 41.0 Å². The number of hydrogen-bond donors (Lipinski definition) is 3. The minimum absolute atomic E-state index is 0. The van der Waals surface area contributed by atoms with Crippen molar-refractivity contribution >= 4 is 23.3 Å². The number of amides is 3. The van der Waals surface area contributed by atoms with Crippen molar-refractivity contribution in [3.63, 3.8) is 0 Å². The number of hydrogen-bond acceptors (Lipinski definition) is 3. The number of nitrogens with zero attached hydrogens (tertiary/aromatic N) is 1. The van der Waals surface area contributed by atoms with Gasteiger partial charge < -0.3 is 20.9 Å². The van der Waals surface area contributed by atoms with E-state index in [2.05, 4.69) is 28.1 Å². The number of para-hydroxylation sites is 2. The first-order valence-electron chi connectivity index (χ1n) is 13.6. The molecular formula is C31H38F2N4O2. The minimum Gasteiger partial charge on any atom is -0.378 e. The topological polar surface area (TPSA) is 73.5 Å². The SMILES string of the molecule is O=C(Nc1ccccc1)N[C@@H]1CCC(F)(F)C[C@@H]1C(=O)N1CC[C@@H]2[C@H](c3ccccc3)Nc3ccccc3[C@@H]21.[HH].[HH].[HH]. The predicted octanol–water partition coefficient (Wildman–Crippen LogP) is 7.11. The molecule has 2 aliphatic heterocycles. The van der Waals surface area contributed by atoms with Crippen molar-refractivity contribution < 1.29 is 22.6 Å². The Morgan fingerprint density at radius 3 is 2.38 bits per heavy atom. The number of carbonyl (C=O) groups excluding carboxylic acids is 2. The molecule has 208 valence electrons. The monoisotopic (exact) mass is 536 g/mol. The molecule has 0 spiro atoms. The lowest BCUT2D eigenvalue weighted by atomic mass is 9.78. The van der Waals surface area contributed by atoms with Gasteiger partial charge in [0, 0.05) is 47.0 Å². The molecule has 1 saturated carbocycles. The summed E-state index contributed by atoms with van der Waals surface area (Å²) in [6.07, 6.45) is -0.134. The zero-order valence-electron chi connectivity index (χ0n) is 21.5. The molecule has 3 amide bonds. The normalized spacial score (nSPS) is 27.0. The maximum Gasteiger partial charge on any atom is 0.319 e. The summed E-state index contributed by atoms with van der Waals surface area (Å²) in [5, 5.41) is 9.26. The van der Waals surface area contributed by atoms with Crippen molar-refractivity contribution in [3.05, 3.63) is 96.1 Å². The van der Waals surface area contributed by atoms with Gasteiger partial charge in [-0.15, -0.1) is 0 Å². The first kappa shape index (κ1) is 25.3. The van der Waals surface area contributed by atoms with Crippen LogP contribution in [0.2, 0.25) is 0 Å². The summed E-state index contributed by atoms with van der Waals surface area (Å²) >= 11 is 0. The Balaban J connectivity index is 0.00000161. The second-order valence-corrected chi connectivity index (χ2v) is 10.8. The van der Waals surface area contributed by atoms with Crippen molar-refractivity contribution in [3.8, 4) is 0 Å². The molecule has 3 aromatic rings. The molecule has 0 aromatic heterocycles. The van der Waals surface area contributed by atoms with Gasteiger partial charge in [-0.05, 0) is 42.2 Å². The highest BCUT2D eigenvalue weighted by Crippen LogP contribution is 2.52. The van der Waals surface area contributed by atoms with E-state index in [1.165, 1.54) is 0 Å². The quantitative estimate of drug-likeness (QED) is 0.333. The van der Waals surface area contributed by atoms with Crippen molar-refractivity contribution in [2.45, 2.75) is 49.7 Å². The Morgan fingerprint density at radius 2 is 1.62 bits per heavy atom. The van der Waals surface area contributed by atoms with E-state index in [4.69, 9.17) is 0 Å². The highest BCUT2D eigenvalue weighted by atomic mass is 19.3. The van der Waals surface area contributed by atoms with Gasteiger partial charge in [0.15, 0.2) is 0 Å². The number of urea groups is 1. The largest absolute Gasteiger partial charge is 0.378 e. The number of nitrogens with one attached hydrogen (secondary N) is 3. The fourth-order valence-corrected chi connectivity index (χ4v) is 6.60. The lowest BCUT2D eigenvalue weighted by Crippen LogP contribution is -2.54. The number of rotatable bonds is 4. The molecule has 1 aliphatic carbocycles. The number of halogens is 2. The molecular weight excluding hydrogens is 498 g/mol. The van der Waals surface area contributed by atoms with Crippen LogP contribution in [0.4, 0.5) is 25.0 Å². The van der Waals surface area contributed by atoms with Crippen LogP contribution in [-0.4, -0.2) is 35.3 Å². The predicted molar refractivity (Wildman–Crippen MR) is 153 cm³/mol. The van der Waals surface area contributed by atoms with E-state index < -0.39 is 30.3 Å². The van der Waals surface area contributed by atoms with Crippen molar-refractivity contribution in [1.82, 2.24) is 10.2 Å². The van der Waals surface area contributed by atoms with Gasteiger partial charge in [0.25, 0.3) is 0 Å². The number of benzene rings is 3. The molecule has 3 aromatic carbocycles. The third-order valence-electron chi connectivity index (χ3n) is 8.40. The molecule has 3 aliphatic rings. The molecule has 5 atom stereocenters. The van der Waals surface area contributed by atoms with Crippen LogP contribution in [0.1, 0.15) is 53.2 Å². The molecule has 0 bridgehead atoms. The van der Waals surface area contributed by atoms with E-state index in [0.29, 0.717) is 12.2 Å². The summed E-state index contributed by atoms with van der Waals surface area (Å²) in [5.74, 6) is -4.17. The smallest absolute Gasteiger partial charge is 0.319 e. The summed E-state index contributed by atoms with van der Waals surface area (Å²) in [6, 6.07) is 25.6. The zero-order chi connectivity index (χ0) is 27.0. The van der Waals surface area contributed by atoms with E-state index in [9.17, 15) is 18.4 Å². The van der Waals surface area contributed by atoms with Gasteiger partial charge in [0.2, 0.25) is 11.8 Å². The van der Waals surface area contributed by atoms with Crippen LogP contribution in [0, 0.1) is 11.8 Å². The van der Waals surface area contributed by atoms with Crippen LogP contribution in [0.3, 0.4) is 0 Å². The summed E-state index contributed by atoms with van der Waals surface area (Å²) in [5.41, 5.74) is 3.70. The van der Waals surface area contributed by atoms with Gasteiger partial charge in [-0.1, -0.05) is 66.7 Å². The molecule has 0 radical (unpaired) electrons. The van der Waals surface area contributed by atoms with Crippen LogP contribution in [-0.2, 0) is 4.79 Å². The number of likely N-dealkylation sites (tertiary alicyclic amines) is 1. The molecule has 6 nitrogen and oxygen atoms in total. The average molecular weight is 537 g/mol. The molecule has 0 unspecified atom stereocenters. The average Bonchev–Trinajstić information content (AvgIpc) is 3.40. The van der Waals surface area contributed by atoms with Gasteiger partial charge in [0.1, 0.15) is 0 Å². The first-order valence-corrected chi connectivity index (χ1v) is 13.6. The molecule has 8 heteroatoms. The number of carbonyl (C=O) groups is 2. The lowest BCUT2D eigenvalue weighted by Gasteiger charge is -2.42. The summed E-state index contributed by atoms with van der Waals surface area (Å²) in [6.45, 7) is 0.485. The fraction of sp³-hybridized carbons (Fsp3) is 0.355. The van der Waals surface area contributed by atoms with Gasteiger partial charge in [-0.25, -0.2) is 13.6 Å². The third kappa shape index (κ3) is 5.07. The lowest BCUT2D eigenvalue weighted by molar-refractivity contribution is -0.145. The van der Waals surface area contributed by atoms with Crippen LogP contribution < -0.4 is 16.0 Å². The Bertz CT molecular complexity index is 1350. The summed E-state index contributed by atoms with van der Waals surface area (Å²) in [7, 11) is 0. The molecule has 2 fully saturated rings. The minimum atomic E-state index is -2.95. The van der Waals surface area contributed by atoms with Gasteiger partial charge in [-0.2, -0.15) is 0 Å². The number of anilines is 2. The standard InChI is InChI=1S/C31H32F2N4O2.3H2/c32-31(33)17-15-26(36-30(39)34-21-11-5-2-6-12-21)24(19-31)29(38)37-18-16-23-27(20-9-3-1-4-10-20)35-25-14-8-7-13-22(25)28(23)37;;;/h1-14,23-24,26-28,35H,15-19H2,(H2,34,36,39);3*1H/t23-,24+,26-,27+,28+;;;/m1.../s1. The molecule has 39 heavy (non-hydrogen) atoms. The molecule has 6 rings (SSSR count). The van der Waals surface area contributed by atoms with Crippen LogP contribution in [0.25, 0.3) is 0 Å². The molecule has 1 saturated heterocycles. The molecule has 2 heterocycles. The van der Waals surface area contributed by atoms with Crippen molar-refractivity contribution in [1.29, 1.82) is 0 Å². The zero-order valence-corrected chi connectivity index (χ0v) is 21.5. The maximum atomic E-state index is 14.7. The van der Waals surface area contributed by atoms with Gasteiger partial charge in [0.05, 0.1) is 18.0 Å². The summed E-state index contributed by atoms with van der Waals surface area (Å²) in [4.78, 5) is 28.7. The van der Waals surface area contributed by atoms with Gasteiger partial charge in [-0.3, -0.25) is 4.79 Å². The van der Waals surface area contributed by atoms with Crippen molar-refractivity contribution in [2.24, 2.45) is 11.8 Å². The molecule has 3 N–H and O–H groups in total. The second-order valence-electron chi connectivity index (χ2n) is 10.8. The Morgan fingerprint density at radius 1 is 0.923 bits per heavy atom. The number of fused-ring (bicyclic) bond motifs is 3. The third-order valence-corrected chi connectivity index (χ3v) is 8.40. The van der Waals surface area contributed by atoms with E-state index in [0.717, 1.165) is 23.2 Å². The Labute approximate surface area is 231 Å². The Kier molecular flexibility index (Phi) is 6.71. The highest BCUT2D eigenvalue weighted by molar-refractivity contribution is 5.90. The Hall–Kier alpha value is -3.94. The fourth-order valence-electron chi connectivity index (χ4n) is 6.60. The van der Waals surface area contributed by atoms with E-state index >= 15 is 0 Å². The number of alkyl halides is 2. The van der Waals surface area contributed by atoms with Crippen molar-refractivity contribution in [2.75, 3.05) is 17.2 Å². The summed E-state index contributed by atoms with van der Waals surface area (Å²) < 4.78 is 29.4. The highest BCUT2D eigenvalue weighted by Gasteiger charge is 2.51. The van der Waals surface area contributed by atoms with Gasteiger partial charge >= 0.3 is 6.03 Å². The second kappa shape index (κ2) is 10.3. The van der Waals surface area contributed by atoms with Crippen LogP contribution in [0.15, 0.2) is 84.9 Å². The maximum absolute atomic E-state index is 14.7. The first-order chi connectivity index (χ1) is 18.9. The van der Waals surface area contributed by atoms with Crippen LogP contribution >= 0.6 is 0 Å². The van der Waals surface area contributed by atoms with E-state index in [1.807, 2.05) is 48.5 Å².